The smallest absolute Gasteiger partial charge is 0.246 e. The van der Waals surface area contributed by atoms with Gasteiger partial charge in [0.2, 0.25) is 17.7 Å². The van der Waals surface area contributed by atoms with Gasteiger partial charge in [0.15, 0.2) is 5.82 Å². The van der Waals surface area contributed by atoms with E-state index in [0.717, 1.165) is 0 Å². The molecule has 0 bridgehead atoms. The third-order valence-electron chi connectivity index (χ3n) is 3.24. The van der Waals surface area contributed by atoms with Crippen molar-refractivity contribution in [3.63, 3.8) is 0 Å². The second-order valence-electron chi connectivity index (χ2n) is 5.11. The number of carbonyl (C=O) groups is 2. The number of hydrogen-bond acceptors (Lipinski definition) is 5. The van der Waals surface area contributed by atoms with Crippen LogP contribution in [0.3, 0.4) is 0 Å². The van der Waals surface area contributed by atoms with Crippen LogP contribution in [0.25, 0.3) is 0 Å². The van der Waals surface area contributed by atoms with Crippen molar-refractivity contribution in [1.29, 1.82) is 0 Å². The number of aryl methyl sites for hydroxylation is 1. The standard InChI is InChI=1S/C12H18N4O3/c1-6(2)10-12(18)16(7(3)11(17)14-10)5-9-13-8(4)15-19-9/h6-7,10H,5H2,1-4H3,(H,14,17). The minimum absolute atomic E-state index is 0.0378. The second kappa shape index (κ2) is 4.99. The molecule has 0 spiro atoms. The molecule has 19 heavy (non-hydrogen) atoms. The second-order valence-corrected chi connectivity index (χ2v) is 5.11. The largest absolute Gasteiger partial charge is 0.342 e. The van der Waals surface area contributed by atoms with Crippen molar-refractivity contribution < 1.29 is 14.1 Å². The molecule has 0 aromatic carbocycles. The Morgan fingerprint density at radius 1 is 1.42 bits per heavy atom. The van der Waals surface area contributed by atoms with E-state index >= 15 is 0 Å². The van der Waals surface area contributed by atoms with Crippen molar-refractivity contribution in [3.8, 4) is 0 Å². The summed E-state index contributed by atoms with van der Waals surface area (Å²) in [6.07, 6.45) is 0. The van der Waals surface area contributed by atoms with Gasteiger partial charge in [0.1, 0.15) is 18.6 Å². The Bertz CT molecular complexity index is 497. The Hall–Kier alpha value is -1.92. The molecule has 1 aliphatic rings. The Morgan fingerprint density at radius 3 is 2.63 bits per heavy atom. The number of carbonyl (C=O) groups excluding carboxylic acids is 2. The number of nitrogens with zero attached hydrogens (tertiary/aromatic N) is 3. The lowest BCUT2D eigenvalue weighted by atomic mass is 9.98. The molecule has 0 radical (unpaired) electrons. The van der Waals surface area contributed by atoms with Gasteiger partial charge in [-0.25, -0.2) is 0 Å². The fraction of sp³-hybridized carbons (Fsp3) is 0.667. The predicted octanol–water partition coefficient (Wildman–Crippen LogP) is 0.250. The zero-order valence-electron chi connectivity index (χ0n) is 11.5. The number of piperazine rings is 1. The summed E-state index contributed by atoms with van der Waals surface area (Å²) >= 11 is 0. The lowest BCUT2D eigenvalue weighted by molar-refractivity contribution is -0.151. The molecule has 7 heteroatoms. The quantitative estimate of drug-likeness (QED) is 0.847. The first-order valence-corrected chi connectivity index (χ1v) is 6.30. The van der Waals surface area contributed by atoms with E-state index < -0.39 is 12.1 Å². The molecule has 0 aliphatic carbocycles. The van der Waals surface area contributed by atoms with E-state index in [1.165, 1.54) is 4.90 Å². The maximum Gasteiger partial charge on any atom is 0.246 e. The predicted molar refractivity (Wildman–Crippen MR) is 65.8 cm³/mol. The molecule has 1 fully saturated rings. The molecule has 2 unspecified atom stereocenters. The Labute approximate surface area is 111 Å². The van der Waals surface area contributed by atoms with Gasteiger partial charge in [0.05, 0.1) is 0 Å². The molecular weight excluding hydrogens is 248 g/mol. The number of amides is 2. The van der Waals surface area contributed by atoms with Crippen LogP contribution in [0.4, 0.5) is 0 Å². The molecule has 1 aliphatic heterocycles. The highest BCUT2D eigenvalue weighted by molar-refractivity contribution is 5.96. The fourth-order valence-electron chi connectivity index (χ4n) is 2.06. The summed E-state index contributed by atoms with van der Waals surface area (Å²) in [5.74, 6) is 0.621. The van der Waals surface area contributed by atoms with Gasteiger partial charge in [-0.05, 0) is 19.8 Å². The van der Waals surface area contributed by atoms with Gasteiger partial charge in [-0.1, -0.05) is 19.0 Å². The minimum Gasteiger partial charge on any atom is -0.342 e. The van der Waals surface area contributed by atoms with Crippen molar-refractivity contribution >= 4 is 11.8 Å². The van der Waals surface area contributed by atoms with Crippen molar-refractivity contribution in [2.24, 2.45) is 5.92 Å². The molecule has 2 amide bonds. The summed E-state index contributed by atoms with van der Waals surface area (Å²) in [4.78, 5) is 29.8. The summed E-state index contributed by atoms with van der Waals surface area (Å²) in [6.45, 7) is 7.35. The maximum absolute atomic E-state index is 12.4. The lowest BCUT2D eigenvalue weighted by Crippen LogP contribution is -2.63. The molecule has 2 atom stereocenters. The van der Waals surface area contributed by atoms with Crippen LogP contribution in [0.1, 0.15) is 32.5 Å². The minimum atomic E-state index is -0.533. The molecule has 1 N–H and O–H groups in total. The summed E-state index contributed by atoms with van der Waals surface area (Å²) in [5, 5.41) is 6.42. The zero-order valence-corrected chi connectivity index (χ0v) is 11.5. The van der Waals surface area contributed by atoms with Gasteiger partial charge < -0.3 is 14.7 Å². The van der Waals surface area contributed by atoms with Gasteiger partial charge in [-0.2, -0.15) is 4.98 Å². The van der Waals surface area contributed by atoms with E-state index in [2.05, 4.69) is 15.5 Å². The van der Waals surface area contributed by atoms with Crippen molar-refractivity contribution in [1.82, 2.24) is 20.4 Å². The van der Waals surface area contributed by atoms with E-state index in [0.29, 0.717) is 11.7 Å². The number of nitrogens with one attached hydrogen (secondary N) is 1. The molecule has 104 valence electrons. The molecule has 1 aromatic heterocycles. The van der Waals surface area contributed by atoms with E-state index in [1.807, 2.05) is 13.8 Å². The first-order chi connectivity index (χ1) is 8.90. The molecule has 0 saturated carbocycles. The zero-order chi connectivity index (χ0) is 14.2. The monoisotopic (exact) mass is 266 g/mol. The topological polar surface area (TPSA) is 88.3 Å². The van der Waals surface area contributed by atoms with Crippen molar-refractivity contribution in [2.45, 2.75) is 46.3 Å². The van der Waals surface area contributed by atoms with Gasteiger partial charge in [0, 0.05) is 0 Å². The van der Waals surface area contributed by atoms with Crippen molar-refractivity contribution in [2.75, 3.05) is 0 Å². The van der Waals surface area contributed by atoms with E-state index in [9.17, 15) is 9.59 Å². The van der Waals surface area contributed by atoms with E-state index in [-0.39, 0.29) is 24.3 Å². The molecule has 2 heterocycles. The first kappa shape index (κ1) is 13.5. The average molecular weight is 266 g/mol. The van der Waals surface area contributed by atoms with E-state index in [4.69, 9.17) is 4.52 Å². The lowest BCUT2D eigenvalue weighted by Gasteiger charge is -2.38. The SMILES string of the molecule is Cc1noc(CN2C(=O)C(C(C)C)NC(=O)C2C)n1. The highest BCUT2D eigenvalue weighted by Gasteiger charge is 2.39. The third-order valence-corrected chi connectivity index (χ3v) is 3.24. The first-order valence-electron chi connectivity index (χ1n) is 6.30. The van der Waals surface area contributed by atoms with Gasteiger partial charge in [-0.3, -0.25) is 9.59 Å². The molecule has 1 saturated heterocycles. The number of rotatable bonds is 3. The summed E-state index contributed by atoms with van der Waals surface area (Å²) in [6, 6.07) is -1.03. The van der Waals surface area contributed by atoms with E-state index in [1.54, 1.807) is 13.8 Å². The summed E-state index contributed by atoms with van der Waals surface area (Å²) in [7, 11) is 0. The Morgan fingerprint density at radius 2 is 2.11 bits per heavy atom. The van der Waals surface area contributed by atoms with Gasteiger partial charge in [-0.15, -0.1) is 0 Å². The van der Waals surface area contributed by atoms with Crippen LogP contribution in [-0.4, -0.2) is 38.9 Å². The highest BCUT2D eigenvalue weighted by atomic mass is 16.5. The van der Waals surface area contributed by atoms with Crippen LogP contribution in [0, 0.1) is 12.8 Å². The summed E-state index contributed by atoms with van der Waals surface area (Å²) < 4.78 is 5.01. The van der Waals surface area contributed by atoms with Crippen LogP contribution < -0.4 is 5.32 Å². The van der Waals surface area contributed by atoms with Crippen LogP contribution in [-0.2, 0) is 16.1 Å². The van der Waals surface area contributed by atoms with Crippen LogP contribution >= 0.6 is 0 Å². The van der Waals surface area contributed by atoms with Crippen LogP contribution in [0.2, 0.25) is 0 Å². The highest BCUT2D eigenvalue weighted by Crippen LogP contribution is 2.17. The number of hydrogen-bond donors (Lipinski definition) is 1. The maximum atomic E-state index is 12.4. The summed E-state index contributed by atoms with van der Waals surface area (Å²) in [5.41, 5.74) is 0. The fourth-order valence-corrected chi connectivity index (χ4v) is 2.06. The third kappa shape index (κ3) is 2.59. The van der Waals surface area contributed by atoms with Gasteiger partial charge >= 0.3 is 0 Å². The molecule has 2 rings (SSSR count). The molecule has 7 nitrogen and oxygen atoms in total. The average Bonchev–Trinajstić information content (AvgIpc) is 2.74. The number of aromatic nitrogens is 2. The Balaban J connectivity index is 2.20. The van der Waals surface area contributed by atoms with Crippen molar-refractivity contribution in [3.05, 3.63) is 11.7 Å². The normalized spacial score (nSPS) is 23.9. The van der Waals surface area contributed by atoms with Crippen LogP contribution in [0.5, 0.6) is 0 Å². The Kier molecular flexibility index (Phi) is 3.55. The van der Waals surface area contributed by atoms with Crippen LogP contribution in [0.15, 0.2) is 4.52 Å². The molecule has 1 aromatic rings. The molecular formula is C12H18N4O3. The van der Waals surface area contributed by atoms with Gasteiger partial charge in [0.25, 0.3) is 0 Å².